The molecule has 5 heteroatoms. The standard InChI is InChI=1S/C12H16N4O/c1-8-5-6-9(2)16(8)15-11-7-12(17-4)14-10(3)13-11/h5-7H,1-4H3,(H,13,14,15). The van der Waals surface area contributed by atoms with Gasteiger partial charge in [-0.2, -0.15) is 4.98 Å². The third kappa shape index (κ3) is 2.38. The molecule has 0 aromatic carbocycles. The molecule has 5 nitrogen and oxygen atoms in total. The highest BCUT2D eigenvalue weighted by molar-refractivity contribution is 5.39. The molecular weight excluding hydrogens is 216 g/mol. The number of methoxy groups -OCH3 is 1. The van der Waals surface area contributed by atoms with Gasteiger partial charge in [-0.15, -0.1) is 0 Å². The van der Waals surface area contributed by atoms with Gasteiger partial charge in [0.15, 0.2) is 5.82 Å². The number of nitrogens with one attached hydrogen (secondary N) is 1. The molecule has 2 heterocycles. The molecule has 0 aliphatic rings. The summed E-state index contributed by atoms with van der Waals surface area (Å²) in [6.07, 6.45) is 0. The molecule has 17 heavy (non-hydrogen) atoms. The van der Waals surface area contributed by atoms with Gasteiger partial charge < -0.3 is 4.74 Å². The summed E-state index contributed by atoms with van der Waals surface area (Å²) in [5, 5.41) is 0. The summed E-state index contributed by atoms with van der Waals surface area (Å²) in [5.41, 5.74) is 5.47. The second-order valence-electron chi connectivity index (χ2n) is 3.91. The fraction of sp³-hybridized carbons (Fsp3) is 0.333. The van der Waals surface area contributed by atoms with E-state index >= 15 is 0 Å². The van der Waals surface area contributed by atoms with E-state index in [9.17, 15) is 0 Å². The Morgan fingerprint density at radius 3 is 2.35 bits per heavy atom. The molecular formula is C12H16N4O. The molecule has 2 aromatic heterocycles. The first kappa shape index (κ1) is 11.4. The van der Waals surface area contributed by atoms with Crippen LogP contribution in [0.1, 0.15) is 17.2 Å². The van der Waals surface area contributed by atoms with E-state index in [0.29, 0.717) is 11.7 Å². The normalized spacial score (nSPS) is 10.4. The number of hydrogen-bond donors (Lipinski definition) is 1. The van der Waals surface area contributed by atoms with Gasteiger partial charge in [-0.1, -0.05) is 0 Å². The molecule has 0 saturated heterocycles. The molecule has 0 fully saturated rings. The number of nitrogens with zero attached hydrogens (tertiary/aromatic N) is 3. The van der Waals surface area contributed by atoms with Crippen molar-refractivity contribution >= 4 is 5.82 Å². The topological polar surface area (TPSA) is 52.0 Å². The Morgan fingerprint density at radius 1 is 1.12 bits per heavy atom. The fourth-order valence-electron chi connectivity index (χ4n) is 1.66. The Balaban J connectivity index is 2.33. The average Bonchev–Trinajstić information content (AvgIpc) is 2.60. The van der Waals surface area contributed by atoms with Gasteiger partial charge in [0.25, 0.3) is 0 Å². The van der Waals surface area contributed by atoms with E-state index < -0.39 is 0 Å². The molecule has 0 radical (unpaired) electrons. The van der Waals surface area contributed by atoms with Crippen molar-refractivity contribution in [1.29, 1.82) is 0 Å². The van der Waals surface area contributed by atoms with E-state index in [1.807, 2.05) is 37.6 Å². The van der Waals surface area contributed by atoms with Crippen LogP contribution in [-0.2, 0) is 0 Å². The van der Waals surface area contributed by atoms with Gasteiger partial charge in [0.1, 0.15) is 5.82 Å². The molecule has 2 aromatic rings. The molecule has 90 valence electrons. The average molecular weight is 232 g/mol. The van der Waals surface area contributed by atoms with Crippen molar-refractivity contribution in [2.45, 2.75) is 20.8 Å². The molecule has 0 aliphatic heterocycles. The molecule has 0 spiro atoms. The van der Waals surface area contributed by atoms with E-state index in [-0.39, 0.29) is 0 Å². The molecule has 1 N–H and O–H groups in total. The fourth-order valence-corrected chi connectivity index (χ4v) is 1.66. The van der Waals surface area contributed by atoms with E-state index in [1.54, 1.807) is 13.2 Å². The molecule has 0 bridgehead atoms. The van der Waals surface area contributed by atoms with Crippen molar-refractivity contribution in [2.75, 3.05) is 12.5 Å². The summed E-state index contributed by atoms with van der Waals surface area (Å²) in [4.78, 5) is 8.46. The number of rotatable bonds is 3. The zero-order chi connectivity index (χ0) is 12.4. The van der Waals surface area contributed by atoms with Crippen molar-refractivity contribution < 1.29 is 4.74 Å². The number of ether oxygens (including phenoxy) is 1. The first-order chi connectivity index (χ1) is 8.10. The lowest BCUT2D eigenvalue weighted by atomic mass is 10.5. The second-order valence-corrected chi connectivity index (χ2v) is 3.91. The number of aryl methyl sites for hydroxylation is 3. The molecule has 0 unspecified atom stereocenters. The van der Waals surface area contributed by atoms with E-state index in [2.05, 4.69) is 15.4 Å². The Labute approximate surface area is 100 Å². The zero-order valence-corrected chi connectivity index (χ0v) is 10.5. The zero-order valence-electron chi connectivity index (χ0n) is 10.5. The Morgan fingerprint density at radius 2 is 1.76 bits per heavy atom. The van der Waals surface area contributed by atoms with Gasteiger partial charge in [0.2, 0.25) is 5.88 Å². The van der Waals surface area contributed by atoms with Gasteiger partial charge in [-0.05, 0) is 32.9 Å². The highest BCUT2D eigenvalue weighted by Crippen LogP contribution is 2.14. The summed E-state index contributed by atoms with van der Waals surface area (Å²) < 4.78 is 7.09. The molecule has 0 atom stereocenters. The van der Waals surface area contributed by atoms with Gasteiger partial charge in [0, 0.05) is 17.5 Å². The van der Waals surface area contributed by atoms with Crippen LogP contribution in [0.3, 0.4) is 0 Å². The smallest absolute Gasteiger partial charge is 0.218 e. The van der Waals surface area contributed by atoms with Crippen molar-refractivity contribution in [3.63, 3.8) is 0 Å². The van der Waals surface area contributed by atoms with E-state index in [4.69, 9.17) is 4.74 Å². The lowest BCUT2D eigenvalue weighted by Crippen LogP contribution is -2.14. The minimum absolute atomic E-state index is 0.558. The van der Waals surface area contributed by atoms with Crippen molar-refractivity contribution in [1.82, 2.24) is 14.6 Å². The predicted octanol–water partition coefficient (Wildman–Crippen LogP) is 2.09. The highest BCUT2D eigenvalue weighted by atomic mass is 16.5. The van der Waals surface area contributed by atoms with Crippen molar-refractivity contribution in [3.05, 3.63) is 35.4 Å². The monoisotopic (exact) mass is 232 g/mol. The lowest BCUT2D eigenvalue weighted by molar-refractivity contribution is 0.396. The quantitative estimate of drug-likeness (QED) is 0.880. The summed E-state index contributed by atoms with van der Waals surface area (Å²) in [6, 6.07) is 5.87. The van der Waals surface area contributed by atoms with Crippen LogP contribution in [0.4, 0.5) is 5.82 Å². The highest BCUT2D eigenvalue weighted by Gasteiger charge is 2.05. The van der Waals surface area contributed by atoms with E-state index in [1.165, 1.54) is 0 Å². The van der Waals surface area contributed by atoms with Crippen LogP contribution in [0, 0.1) is 20.8 Å². The van der Waals surface area contributed by atoms with Crippen LogP contribution in [-0.4, -0.2) is 21.8 Å². The minimum atomic E-state index is 0.558. The van der Waals surface area contributed by atoms with Crippen LogP contribution in [0.2, 0.25) is 0 Å². The van der Waals surface area contributed by atoms with Crippen LogP contribution in [0.25, 0.3) is 0 Å². The summed E-state index contributed by atoms with van der Waals surface area (Å²) in [5.74, 6) is 1.95. The van der Waals surface area contributed by atoms with Crippen LogP contribution < -0.4 is 10.2 Å². The largest absolute Gasteiger partial charge is 0.481 e. The van der Waals surface area contributed by atoms with Crippen LogP contribution in [0.5, 0.6) is 5.88 Å². The minimum Gasteiger partial charge on any atom is -0.481 e. The maximum absolute atomic E-state index is 5.11. The first-order valence-corrected chi connectivity index (χ1v) is 5.42. The van der Waals surface area contributed by atoms with Gasteiger partial charge in [-0.25, -0.2) is 4.98 Å². The first-order valence-electron chi connectivity index (χ1n) is 5.42. The Bertz CT molecular complexity index is 514. The SMILES string of the molecule is COc1cc(Nn2c(C)ccc2C)nc(C)n1. The molecule has 0 aliphatic carbocycles. The molecule has 2 rings (SSSR count). The third-order valence-corrected chi connectivity index (χ3v) is 2.52. The van der Waals surface area contributed by atoms with Gasteiger partial charge >= 0.3 is 0 Å². The van der Waals surface area contributed by atoms with Gasteiger partial charge in [0.05, 0.1) is 7.11 Å². The van der Waals surface area contributed by atoms with Crippen molar-refractivity contribution in [2.24, 2.45) is 0 Å². The second kappa shape index (κ2) is 4.45. The van der Waals surface area contributed by atoms with Gasteiger partial charge in [-0.3, -0.25) is 10.1 Å². The molecule has 0 saturated carbocycles. The maximum atomic E-state index is 5.11. The maximum Gasteiger partial charge on any atom is 0.218 e. The third-order valence-electron chi connectivity index (χ3n) is 2.52. The van der Waals surface area contributed by atoms with Crippen LogP contribution >= 0.6 is 0 Å². The summed E-state index contributed by atoms with van der Waals surface area (Å²) in [6.45, 7) is 5.90. The predicted molar refractivity (Wildman–Crippen MR) is 66.2 cm³/mol. The summed E-state index contributed by atoms with van der Waals surface area (Å²) in [7, 11) is 1.59. The Hall–Kier alpha value is -2.04. The van der Waals surface area contributed by atoms with Crippen LogP contribution in [0.15, 0.2) is 18.2 Å². The van der Waals surface area contributed by atoms with Crippen molar-refractivity contribution in [3.8, 4) is 5.88 Å². The Kier molecular flexibility index (Phi) is 2.99. The summed E-state index contributed by atoms with van der Waals surface area (Å²) >= 11 is 0. The molecule has 0 amide bonds. The number of anilines is 1. The lowest BCUT2D eigenvalue weighted by Gasteiger charge is -2.12. The number of hydrogen-bond acceptors (Lipinski definition) is 4. The van der Waals surface area contributed by atoms with E-state index in [0.717, 1.165) is 17.2 Å². The number of aromatic nitrogens is 3.